The van der Waals surface area contributed by atoms with E-state index in [1.807, 2.05) is 0 Å². The number of guanidine groups is 1. The molecule has 4 rings (SSSR count). The molecule has 4 aliphatic rings. The van der Waals surface area contributed by atoms with Gasteiger partial charge in [0.2, 0.25) is 0 Å². The first-order valence-corrected chi connectivity index (χ1v) is 9.33. The van der Waals surface area contributed by atoms with E-state index in [0.717, 1.165) is 30.8 Å². The van der Waals surface area contributed by atoms with Gasteiger partial charge < -0.3 is 10.2 Å². The lowest BCUT2D eigenvalue weighted by molar-refractivity contribution is 0.151. The van der Waals surface area contributed by atoms with Crippen molar-refractivity contribution in [3.8, 4) is 0 Å². The van der Waals surface area contributed by atoms with Crippen LogP contribution in [0.2, 0.25) is 0 Å². The van der Waals surface area contributed by atoms with Crippen LogP contribution in [0.5, 0.6) is 0 Å². The summed E-state index contributed by atoms with van der Waals surface area (Å²) in [7, 11) is 0. The Morgan fingerprint density at radius 2 is 1.90 bits per heavy atom. The second kappa shape index (κ2) is 5.48. The Kier molecular flexibility index (Phi) is 3.63. The molecule has 0 amide bonds. The largest absolute Gasteiger partial charge is 0.357 e. The van der Waals surface area contributed by atoms with Gasteiger partial charge in [-0.3, -0.25) is 4.99 Å². The lowest BCUT2D eigenvalue weighted by atomic mass is 9.68. The number of likely N-dealkylation sites (tertiary alicyclic amines) is 1. The summed E-state index contributed by atoms with van der Waals surface area (Å²) in [5.41, 5.74) is 0.669. The number of nitrogens with zero attached hydrogens (tertiary/aromatic N) is 2. The second-order valence-electron chi connectivity index (χ2n) is 8.06. The van der Waals surface area contributed by atoms with Crippen molar-refractivity contribution in [3.05, 3.63) is 0 Å². The van der Waals surface area contributed by atoms with Gasteiger partial charge in [-0.15, -0.1) is 0 Å². The van der Waals surface area contributed by atoms with E-state index < -0.39 is 0 Å². The van der Waals surface area contributed by atoms with E-state index in [4.69, 9.17) is 4.99 Å². The molecule has 3 aliphatic carbocycles. The molecule has 4 fully saturated rings. The van der Waals surface area contributed by atoms with Gasteiger partial charge in [0.1, 0.15) is 0 Å². The van der Waals surface area contributed by atoms with Gasteiger partial charge in [0, 0.05) is 26.2 Å². The molecule has 0 atom stereocenters. The lowest BCUT2D eigenvalue weighted by Crippen LogP contribution is -2.42. The van der Waals surface area contributed by atoms with Gasteiger partial charge in [0.25, 0.3) is 0 Å². The van der Waals surface area contributed by atoms with Crippen molar-refractivity contribution in [1.29, 1.82) is 0 Å². The summed E-state index contributed by atoms with van der Waals surface area (Å²) in [6, 6.07) is 0. The molecule has 0 aromatic rings. The van der Waals surface area contributed by atoms with Crippen molar-refractivity contribution in [3.63, 3.8) is 0 Å². The lowest BCUT2D eigenvalue weighted by Gasteiger charge is -2.38. The second-order valence-corrected chi connectivity index (χ2v) is 8.06. The zero-order valence-electron chi connectivity index (χ0n) is 13.6. The third-order valence-corrected chi connectivity index (χ3v) is 6.39. The van der Waals surface area contributed by atoms with Crippen molar-refractivity contribution >= 4 is 5.96 Å². The summed E-state index contributed by atoms with van der Waals surface area (Å²) < 4.78 is 0. The Hall–Kier alpha value is -0.730. The van der Waals surface area contributed by atoms with E-state index in [2.05, 4.69) is 17.1 Å². The van der Waals surface area contributed by atoms with Crippen LogP contribution in [0.25, 0.3) is 0 Å². The van der Waals surface area contributed by atoms with Crippen LogP contribution in [0, 0.1) is 23.2 Å². The maximum absolute atomic E-state index is 5.07. The first-order valence-electron chi connectivity index (χ1n) is 9.33. The molecule has 0 aromatic heterocycles. The van der Waals surface area contributed by atoms with Gasteiger partial charge in [0.05, 0.1) is 0 Å². The minimum Gasteiger partial charge on any atom is -0.357 e. The summed E-state index contributed by atoms with van der Waals surface area (Å²) >= 11 is 0. The van der Waals surface area contributed by atoms with Crippen molar-refractivity contribution < 1.29 is 0 Å². The Morgan fingerprint density at radius 1 is 1.19 bits per heavy atom. The van der Waals surface area contributed by atoms with E-state index in [1.54, 1.807) is 0 Å². The van der Waals surface area contributed by atoms with Gasteiger partial charge >= 0.3 is 0 Å². The van der Waals surface area contributed by atoms with Gasteiger partial charge in [-0.1, -0.05) is 6.42 Å². The molecule has 21 heavy (non-hydrogen) atoms. The van der Waals surface area contributed by atoms with E-state index >= 15 is 0 Å². The third kappa shape index (κ3) is 2.93. The van der Waals surface area contributed by atoms with Crippen molar-refractivity contribution in [2.75, 3.05) is 26.2 Å². The van der Waals surface area contributed by atoms with Gasteiger partial charge in [-0.05, 0) is 75.0 Å². The average molecular weight is 289 g/mol. The predicted octanol–water partition coefficient (Wildman–Crippen LogP) is 3.26. The van der Waals surface area contributed by atoms with Crippen LogP contribution in [0.3, 0.4) is 0 Å². The number of hydrogen-bond donors (Lipinski definition) is 1. The normalized spacial score (nSPS) is 28.3. The molecular formula is C18H31N3. The zero-order chi connectivity index (χ0) is 14.3. The highest BCUT2D eigenvalue weighted by Gasteiger charge is 2.44. The molecule has 118 valence electrons. The summed E-state index contributed by atoms with van der Waals surface area (Å²) in [6.07, 6.45) is 11.6. The SMILES string of the molecule is CCNC(=NCC(C1CC1)C1CC1)N1CCC2(CCC2)C1. The monoisotopic (exact) mass is 289 g/mol. The molecule has 3 heteroatoms. The number of aliphatic imine (C=N–C) groups is 1. The fourth-order valence-corrected chi connectivity index (χ4v) is 4.55. The topological polar surface area (TPSA) is 27.6 Å². The quantitative estimate of drug-likeness (QED) is 0.621. The summed E-state index contributed by atoms with van der Waals surface area (Å²) in [4.78, 5) is 7.63. The molecule has 1 saturated heterocycles. The summed E-state index contributed by atoms with van der Waals surface area (Å²) in [6.45, 7) is 6.77. The average Bonchev–Trinajstić information content (AvgIpc) is 3.36. The molecule has 1 spiro atoms. The molecule has 1 aliphatic heterocycles. The Labute approximate surface area is 129 Å². The van der Waals surface area contributed by atoms with Crippen LogP contribution in [-0.4, -0.2) is 37.0 Å². The molecule has 3 nitrogen and oxygen atoms in total. The van der Waals surface area contributed by atoms with Gasteiger partial charge in [-0.2, -0.15) is 0 Å². The van der Waals surface area contributed by atoms with E-state index in [0.29, 0.717) is 5.41 Å². The highest BCUT2D eigenvalue weighted by molar-refractivity contribution is 5.80. The van der Waals surface area contributed by atoms with Gasteiger partial charge in [-0.25, -0.2) is 0 Å². The summed E-state index contributed by atoms with van der Waals surface area (Å²) in [5.74, 6) is 4.15. The fraction of sp³-hybridized carbons (Fsp3) is 0.944. The smallest absolute Gasteiger partial charge is 0.193 e. The van der Waals surface area contributed by atoms with Crippen molar-refractivity contribution in [2.45, 2.75) is 58.3 Å². The van der Waals surface area contributed by atoms with Crippen LogP contribution in [0.4, 0.5) is 0 Å². The molecule has 3 saturated carbocycles. The summed E-state index contributed by atoms with van der Waals surface area (Å²) in [5, 5.41) is 3.56. The first-order chi connectivity index (χ1) is 10.3. The van der Waals surface area contributed by atoms with Crippen LogP contribution in [0.15, 0.2) is 4.99 Å². The maximum Gasteiger partial charge on any atom is 0.193 e. The molecule has 0 bridgehead atoms. The molecule has 0 radical (unpaired) electrons. The third-order valence-electron chi connectivity index (χ3n) is 6.39. The van der Waals surface area contributed by atoms with E-state index in [-0.39, 0.29) is 0 Å². The molecular weight excluding hydrogens is 258 g/mol. The van der Waals surface area contributed by atoms with Crippen LogP contribution in [-0.2, 0) is 0 Å². The van der Waals surface area contributed by atoms with Crippen LogP contribution in [0.1, 0.15) is 58.3 Å². The molecule has 0 aromatic carbocycles. The fourth-order valence-electron chi connectivity index (χ4n) is 4.55. The maximum atomic E-state index is 5.07. The Balaban J connectivity index is 1.39. The number of hydrogen-bond acceptors (Lipinski definition) is 1. The predicted molar refractivity (Wildman–Crippen MR) is 87.4 cm³/mol. The molecule has 1 N–H and O–H groups in total. The van der Waals surface area contributed by atoms with E-state index in [9.17, 15) is 0 Å². The molecule has 0 unspecified atom stereocenters. The van der Waals surface area contributed by atoms with Gasteiger partial charge in [0.15, 0.2) is 5.96 Å². The van der Waals surface area contributed by atoms with Crippen LogP contribution < -0.4 is 5.32 Å². The van der Waals surface area contributed by atoms with Crippen LogP contribution >= 0.6 is 0 Å². The van der Waals surface area contributed by atoms with Crippen molar-refractivity contribution in [2.24, 2.45) is 28.2 Å². The highest BCUT2D eigenvalue weighted by atomic mass is 15.3. The van der Waals surface area contributed by atoms with Crippen molar-refractivity contribution in [1.82, 2.24) is 10.2 Å². The number of rotatable bonds is 5. The highest BCUT2D eigenvalue weighted by Crippen LogP contribution is 2.50. The van der Waals surface area contributed by atoms with E-state index in [1.165, 1.54) is 70.4 Å². The zero-order valence-corrected chi connectivity index (χ0v) is 13.6. The standard InChI is InChI=1S/C18H31N3/c1-2-19-17(21-11-10-18(13-21)8-3-9-18)20-12-16(14-4-5-14)15-6-7-15/h14-16H,2-13H2,1H3,(H,19,20). The number of nitrogens with one attached hydrogen (secondary N) is 1. The Morgan fingerprint density at radius 3 is 2.38 bits per heavy atom. The molecule has 1 heterocycles. The minimum absolute atomic E-state index is 0.669. The Bertz CT molecular complexity index is 393. The minimum atomic E-state index is 0.669. The first kappa shape index (κ1) is 13.9.